The number of aromatic nitrogens is 6. The van der Waals surface area contributed by atoms with Crippen LogP contribution in [0.4, 0.5) is 4.39 Å². The number of halogens is 1. The lowest BCUT2D eigenvalue weighted by molar-refractivity contribution is -0.119. The summed E-state index contributed by atoms with van der Waals surface area (Å²) in [5, 5.41) is 22.4. The SMILES string of the molecule is CC(=O)NCc1ccc(-c2c3ncn(CC4(O)CCN(Cc5ccc(-c6ncon6)cc5F)CC4)c(=O)c3nn2C)cc1. The predicted molar refractivity (Wildman–Crippen MR) is 155 cm³/mol. The first-order chi connectivity index (χ1) is 20.7. The van der Waals surface area contributed by atoms with E-state index < -0.39 is 5.60 Å². The minimum atomic E-state index is -1.11. The number of benzene rings is 2. The van der Waals surface area contributed by atoms with Gasteiger partial charge in [-0.05, 0) is 24.5 Å². The van der Waals surface area contributed by atoms with E-state index in [1.54, 1.807) is 23.9 Å². The van der Waals surface area contributed by atoms with Crippen molar-refractivity contribution in [3.63, 3.8) is 0 Å². The number of fused-ring (bicyclic) bond motifs is 1. The van der Waals surface area contributed by atoms with E-state index in [0.29, 0.717) is 67.2 Å². The molecular formula is C30H31FN8O4. The molecule has 0 unspecified atom stereocenters. The Morgan fingerprint density at radius 1 is 1.09 bits per heavy atom. The Morgan fingerprint density at radius 2 is 1.84 bits per heavy atom. The fourth-order valence-corrected chi connectivity index (χ4v) is 5.49. The van der Waals surface area contributed by atoms with E-state index in [0.717, 1.165) is 11.1 Å². The highest BCUT2D eigenvalue weighted by Crippen LogP contribution is 2.28. The summed E-state index contributed by atoms with van der Waals surface area (Å²) in [5.74, 6) is -0.131. The zero-order valence-corrected chi connectivity index (χ0v) is 23.8. The molecule has 0 saturated carbocycles. The maximum Gasteiger partial charge on any atom is 0.281 e. The van der Waals surface area contributed by atoms with E-state index >= 15 is 0 Å². The number of nitrogens with one attached hydrogen (secondary N) is 1. The number of piperidine rings is 1. The molecule has 0 bridgehead atoms. The quantitative estimate of drug-likeness (QED) is 0.280. The molecule has 6 rings (SSSR count). The van der Waals surface area contributed by atoms with Crippen LogP contribution in [0.25, 0.3) is 33.7 Å². The van der Waals surface area contributed by atoms with Gasteiger partial charge in [0.05, 0.1) is 24.2 Å². The molecule has 2 N–H and O–H groups in total. The molecule has 0 radical (unpaired) electrons. The zero-order valence-electron chi connectivity index (χ0n) is 23.8. The third-order valence-electron chi connectivity index (χ3n) is 7.90. The number of aliphatic hydroxyl groups is 1. The number of carbonyl (C=O) groups is 1. The van der Waals surface area contributed by atoms with E-state index in [-0.39, 0.29) is 29.3 Å². The number of aryl methyl sites for hydroxylation is 1. The third kappa shape index (κ3) is 5.94. The van der Waals surface area contributed by atoms with Crippen molar-refractivity contribution in [1.82, 2.24) is 39.7 Å². The van der Waals surface area contributed by atoms with Gasteiger partial charge in [-0.25, -0.2) is 9.37 Å². The Kier molecular flexibility index (Phi) is 7.59. The molecule has 0 spiro atoms. The van der Waals surface area contributed by atoms with Crippen LogP contribution in [0, 0.1) is 5.82 Å². The van der Waals surface area contributed by atoms with Gasteiger partial charge in [-0.3, -0.25) is 23.7 Å². The van der Waals surface area contributed by atoms with Crippen molar-refractivity contribution in [2.75, 3.05) is 13.1 Å². The molecule has 3 aromatic heterocycles. The molecule has 43 heavy (non-hydrogen) atoms. The van der Waals surface area contributed by atoms with Crippen molar-refractivity contribution in [3.8, 4) is 22.6 Å². The summed E-state index contributed by atoms with van der Waals surface area (Å²) >= 11 is 0. The Bertz CT molecular complexity index is 1820. The molecule has 1 amide bonds. The largest absolute Gasteiger partial charge is 0.388 e. The number of rotatable bonds is 8. The molecule has 13 heteroatoms. The zero-order chi connectivity index (χ0) is 30.1. The number of hydrogen-bond donors (Lipinski definition) is 2. The second kappa shape index (κ2) is 11.5. The van der Waals surface area contributed by atoms with Crippen molar-refractivity contribution in [3.05, 3.63) is 82.5 Å². The van der Waals surface area contributed by atoms with Crippen LogP contribution >= 0.6 is 0 Å². The van der Waals surface area contributed by atoms with E-state index in [1.165, 1.54) is 30.3 Å². The van der Waals surface area contributed by atoms with Crippen molar-refractivity contribution < 1.29 is 18.8 Å². The number of amides is 1. The minimum Gasteiger partial charge on any atom is -0.388 e. The third-order valence-corrected chi connectivity index (χ3v) is 7.90. The highest BCUT2D eigenvalue weighted by Gasteiger charge is 2.34. The van der Waals surface area contributed by atoms with Gasteiger partial charge in [0.25, 0.3) is 5.56 Å². The van der Waals surface area contributed by atoms with Crippen LogP contribution < -0.4 is 10.9 Å². The summed E-state index contributed by atoms with van der Waals surface area (Å²) in [4.78, 5) is 35.2. The van der Waals surface area contributed by atoms with E-state index in [1.807, 2.05) is 24.3 Å². The van der Waals surface area contributed by atoms with Gasteiger partial charge in [-0.1, -0.05) is 41.6 Å². The van der Waals surface area contributed by atoms with Gasteiger partial charge in [0.15, 0.2) is 5.52 Å². The highest BCUT2D eigenvalue weighted by atomic mass is 19.1. The number of likely N-dealkylation sites (tertiary alicyclic amines) is 1. The van der Waals surface area contributed by atoms with Crippen molar-refractivity contribution in [2.24, 2.45) is 7.05 Å². The first-order valence-electron chi connectivity index (χ1n) is 13.9. The Morgan fingerprint density at radius 3 is 2.51 bits per heavy atom. The summed E-state index contributed by atoms with van der Waals surface area (Å²) in [6, 6.07) is 12.5. The van der Waals surface area contributed by atoms with Gasteiger partial charge < -0.3 is 14.9 Å². The predicted octanol–water partition coefficient (Wildman–Crippen LogP) is 2.65. The van der Waals surface area contributed by atoms with Crippen LogP contribution in [-0.2, 0) is 31.5 Å². The van der Waals surface area contributed by atoms with Gasteiger partial charge in [0.2, 0.25) is 18.1 Å². The second-order valence-corrected chi connectivity index (χ2v) is 11.0. The lowest BCUT2D eigenvalue weighted by atomic mass is 9.91. The monoisotopic (exact) mass is 586 g/mol. The van der Waals surface area contributed by atoms with Gasteiger partial charge in [-0.15, -0.1) is 0 Å². The van der Waals surface area contributed by atoms with Crippen LogP contribution in [0.15, 0.2) is 64.5 Å². The smallest absolute Gasteiger partial charge is 0.281 e. The van der Waals surface area contributed by atoms with E-state index in [4.69, 9.17) is 4.52 Å². The molecular weight excluding hydrogens is 555 g/mol. The van der Waals surface area contributed by atoms with Gasteiger partial charge in [0, 0.05) is 56.8 Å². The van der Waals surface area contributed by atoms with Crippen LogP contribution in [0.3, 0.4) is 0 Å². The molecule has 1 aliphatic rings. The van der Waals surface area contributed by atoms with E-state index in [9.17, 15) is 19.1 Å². The van der Waals surface area contributed by atoms with Gasteiger partial charge in [0.1, 0.15) is 11.3 Å². The average molecular weight is 587 g/mol. The topological polar surface area (TPSA) is 144 Å². The van der Waals surface area contributed by atoms with Crippen molar-refractivity contribution >= 4 is 16.9 Å². The first kappa shape index (κ1) is 28.4. The molecule has 2 aromatic carbocycles. The maximum atomic E-state index is 14.8. The molecule has 1 aliphatic heterocycles. The number of carbonyl (C=O) groups excluding carboxylic acids is 1. The lowest BCUT2D eigenvalue weighted by Crippen LogP contribution is -2.47. The summed E-state index contributed by atoms with van der Waals surface area (Å²) in [7, 11) is 1.76. The van der Waals surface area contributed by atoms with Crippen LogP contribution in [0.5, 0.6) is 0 Å². The molecule has 0 atom stereocenters. The second-order valence-electron chi connectivity index (χ2n) is 11.0. The van der Waals surface area contributed by atoms with Crippen molar-refractivity contribution in [1.29, 1.82) is 0 Å². The fourth-order valence-electron chi connectivity index (χ4n) is 5.49. The summed E-state index contributed by atoms with van der Waals surface area (Å²) in [5.41, 5.74) is 2.83. The molecule has 1 fully saturated rings. The van der Waals surface area contributed by atoms with Crippen LogP contribution in [0.1, 0.15) is 30.9 Å². The summed E-state index contributed by atoms with van der Waals surface area (Å²) in [6.45, 7) is 3.46. The maximum absolute atomic E-state index is 14.8. The molecule has 1 saturated heterocycles. The Balaban J connectivity index is 1.13. The van der Waals surface area contributed by atoms with E-state index in [2.05, 4.69) is 30.4 Å². The standard InChI is InChI=1S/C30H31FN8O4/c1-19(40)32-14-20-3-5-21(6-4-20)27-25-26(35-37(27)2)29(41)39(17-33-25)16-30(42)9-11-38(12-10-30)15-23-8-7-22(13-24(23)31)28-34-18-43-36-28/h3-8,13,17-18,42H,9-12,14-16H2,1-2H3,(H,32,40). The Hall–Kier alpha value is -4.75. The van der Waals surface area contributed by atoms with Crippen LogP contribution in [0.2, 0.25) is 0 Å². The van der Waals surface area contributed by atoms with Crippen LogP contribution in [-0.4, -0.2) is 64.1 Å². The summed E-state index contributed by atoms with van der Waals surface area (Å²) in [6.07, 6.45) is 3.49. The average Bonchev–Trinajstić information content (AvgIpc) is 3.65. The molecule has 5 aromatic rings. The fraction of sp³-hybridized carbons (Fsp3) is 0.333. The summed E-state index contributed by atoms with van der Waals surface area (Å²) < 4.78 is 22.6. The number of hydrogen-bond acceptors (Lipinski definition) is 9. The molecule has 12 nitrogen and oxygen atoms in total. The normalized spacial score (nSPS) is 15.2. The molecule has 222 valence electrons. The van der Waals surface area contributed by atoms with Crippen molar-refractivity contribution in [2.45, 2.75) is 45.0 Å². The van der Waals surface area contributed by atoms with Gasteiger partial charge in [-0.2, -0.15) is 10.1 Å². The molecule has 4 heterocycles. The minimum absolute atomic E-state index is 0.0835. The highest BCUT2D eigenvalue weighted by molar-refractivity contribution is 5.89. The Labute approximate surface area is 245 Å². The first-order valence-corrected chi connectivity index (χ1v) is 13.9. The lowest BCUT2D eigenvalue weighted by Gasteiger charge is -2.38. The molecule has 0 aliphatic carbocycles. The number of nitrogens with zero attached hydrogens (tertiary/aromatic N) is 7. The van der Waals surface area contributed by atoms with Gasteiger partial charge >= 0.3 is 0 Å².